The van der Waals surface area contributed by atoms with Crippen molar-refractivity contribution in [2.24, 2.45) is 5.92 Å². The SMILES string of the molecule is CCOC(=O)Nc1ccc2c(COC(=O)C3COc4ccccc4C3)cc(=O)oc2c1. The molecule has 160 valence electrons. The van der Waals surface area contributed by atoms with Crippen molar-refractivity contribution in [3.8, 4) is 5.75 Å². The summed E-state index contributed by atoms with van der Waals surface area (Å²) >= 11 is 0. The monoisotopic (exact) mass is 423 g/mol. The summed E-state index contributed by atoms with van der Waals surface area (Å²) in [7, 11) is 0. The number of anilines is 1. The fraction of sp³-hybridized carbons (Fsp3) is 0.261. The Morgan fingerprint density at radius 2 is 1.97 bits per heavy atom. The van der Waals surface area contributed by atoms with E-state index in [-0.39, 0.29) is 25.4 Å². The predicted molar refractivity (Wildman–Crippen MR) is 112 cm³/mol. The molecular formula is C23H21NO7. The Bertz CT molecular complexity index is 1180. The predicted octanol–water partition coefficient (Wildman–Crippen LogP) is 3.66. The highest BCUT2D eigenvalue weighted by Crippen LogP contribution is 2.28. The molecule has 0 spiro atoms. The van der Waals surface area contributed by atoms with E-state index in [1.807, 2.05) is 24.3 Å². The Balaban J connectivity index is 1.47. The number of ether oxygens (including phenoxy) is 3. The molecule has 0 fully saturated rings. The second-order valence-corrected chi connectivity index (χ2v) is 7.07. The van der Waals surface area contributed by atoms with Crippen LogP contribution in [0.2, 0.25) is 0 Å². The minimum absolute atomic E-state index is 0.0796. The number of amides is 1. The minimum atomic E-state index is -0.606. The van der Waals surface area contributed by atoms with Gasteiger partial charge in [-0.25, -0.2) is 9.59 Å². The van der Waals surface area contributed by atoms with Gasteiger partial charge in [0.15, 0.2) is 0 Å². The lowest BCUT2D eigenvalue weighted by Crippen LogP contribution is -2.29. The van der Waals surface area contributed by atoms with Gasteiger partial charge >= 0.3 is 17.7 Å². The van der Waals surface area contributed by atoms with Crippen molar-refractivity contribution in [1.82, 2.24) is 0 Å². The number of hydrogen-bond acceptors (Lipinski definition) is 7. The summed E-state index contributed by atoms with van der Waals surface area (Å²) in [6, 6.07) is 13.7. The molecule has 1 aromatic heterocycles. The third-order valence-corrected chi connectivity index (χ3v) is 4.93. The Morgan fingerprint density at radius 3 is 2.81 bits per heavy atom. The summed E-state index contributed by atoms with van der Waals surface area (Å²) in [4.78, 5) is 36.2. The van der Waals surface area contributed by atoms with Crippen molar-refractivity contribution >= 4 is 28.7 Å². The zero-order chi connectivity index (χ0) is 21.8. The first-order valence-electron chi connectivity index (χ1n) is 9.91. The molecule has 0 radical (unpaired) electrons. The van der Waals surface area contributed by atoms with Crippen molar-refractivity contribution < 1.29 is 28.2 Å². The van der Waals surface area contributed by atoms with E-state index in [4.69, 9.17) is 18.6 Å². The van der Waals surface area contributed by atoms with Gasteiger partial charge in [0.05, 0.1) is 12.5 Å². The average Bonchev–Trinajstić information content (AvgIpc) is 2.76. The molecule has 3 aromatic rings. The summed E-state index contributed by atoms with van der Waals surface area (Å²) in [6.07, 6.45) is -0.0687. The molecule has 0 bridgehead atoms. The molecule has 2 aromatic carbocycles. The van der Waals surface area contributed by atoms with Gasteiger partial charge in [0.2, 0.25) is 0 Å². The molecule has 1 N–H and O–H groups in total. The van der Waals surface area contributed by atoms with Gasteiger partial charge in [-0.2, -0.15) is 0 Å². The lowest BCUT2D eigenvalue weighted by molar-refractivity contribution is -0.151. The molecule has 0 saturated heterocycles. The highest BCUT2D eigenvalue weighted by Gasteiger charge is 2.27. The first kappa shape index (κ1) is 20.5. The molecule has 1 aliphatic rings. The maximum atomic E-state index is 12.6. The third-order valence-electron chi connectivity index (χ3n) is 4.93. The van der Waals surface area contributed by atoms with Crippen LogP contribution >= 0.6 is 0 Å². The topological polar surface area (TPSA) is 104 Å². The summed E-state index contributed by atoms with van der Waals surface area (Å²) in [5, 5.41) is 3.16. The summed E-state index contributed by atoms with van der Waals surface area (Å²) in [6.45, 7) is 2.10. The minimum Gasteiger partial charge on any atom is -0.492 e. The van der Waals surface area contributed by atoms with Crippen molar-refractivity contribution in [2.75, 3.05) is 18.5 Å². The van der Waals surface area contributed by atoms with E-state index >= 15 is 0 Å². The third kappa shape index (κ3) is 4.69. The number of rotatable bonds is 5. The molecule has 2 heterocycles. The number of carbonyl (C=O) groups excluding carboxylic acids is 2. The highest BCUT2D eigenvalue weighted by molar-refractivity contribution is 5.90. The molecule has 8 nitrogen and oxygen atoms in total. The van der Waals surface area contributed by atoms with Crippen LogP contribution in [0.3, 0.4) is 0 Å². The Morgan fingerprint density at radius 1 is 1.13 bits per heavy atom. The van der Waals surface area contributed by atoms with Crippen LogP contribution in [-0.4, -0.2) is 25.3 Å². The van der Waals surface area contributed by atoms with Crippen LogP contribution in [0, 0.1) is 5.92 Å². The fourth-order valence-electron chi connectivity index (χ4n) is 3.46. The van der Waals surface area contributed by atoms with Gasteiger partial charge < -0.3 is 18.6 Å². The van der Waals surface area contributed by atoms with Gasteiger partial charge in [-0.15, -0.1) is 0 Å². The molecule has 0 aliphatic carbocycles. The number of para-hydroxylation sites is 1. The van der Waals surface area contributed by atoms with E-state index in [9.17, 15) is 14.4 Å². The van der Waals surface area contributed by atoms with Crippen molar-refractivity contribution in [2.45, 2.75) is 20.0 Å². The first-order chi connectivity index (χ1) is 15.0. The quantitative estimate of drug-likeness (QED) is 0.493. The summed E-state index contributed by atoms with van der Waals surface area (Å²) in [5.41, 5.74) is 1.58. The smallest absolute Gasteiger partial charge is 0.411 e. The van der Waals surface area contributed by atoms with E-state index in [2.05, 4.69) is 5.32 Å². The van der Waals surface area contributed by atoms with Crippen LogP contribution in [0.25, 0.3) is 11.0 Å². The van der Waals surface area contributed by atoms with Gasteiger partial charge in [-0.3, -0.25) is 10.1 Å². The lowest BCUT2D eigenvalue weighted by atomic mass is 9.97. The number of hydrogen-bond donors (Lipinski definition) is 1. The molecule has 0 saturated carbocycles. The molecule has 8 heteroatoms. The average molecular weight is 423 g/mol. The Labute approximate surface area is 177 Å². The molecule has 1 aliphatic heterocycles. The molecule has 4 rings (SSSR count). The molecule has 1 unspecified atom stereocenters. The maximum absolute atomic E-state index is 12.6. The van der Waals surface area contributed by atoms with Gasteiger partial charge in [0, 0.05) is 28.8 Å². The van der Waals surface area contributed by atoms with Crippen LogP contribution in [0.1, 0.15) is 18.1 Å². The zero-order valence-electron chi connectivity index (χ0n) is 16.9. The molecular weight excluding hydrogens is 402 g/mol. The summed E-state index contributed by atoms with van der Waals surface area (Å²) in [5.74, 6) is -0.0244. The second kappa shape index (κ2) is 8.91. The Kier molecular flexibility index (Phi) is 5.88. The van der Waals surface area contributed by atoms with E-state index in [0.717, 1.165) is 11.3 Å². The van der Waals surface area contributed by atoms with Gasteiger partial charge in [-0.1, -0.05) is 18.2 Å². The van der Waals surface area contributed by atoms with E-state index < -0.39 is 23.6 Å². The molecule has 1 amide bonds. The fourth-order valence-corrected chi connectivity index (χ4v) is 3.46. The van der Waals surface area contributed by atoms with E-state index in [1.165, 1.54) is 12.1 Å². The van der Waals surface area contributed by atoms with Crippen molar-refractivity contribution in [3.05, 3.63) is 70.1 Å². The van der Waals surface area contributed by atoms with Crippen LogP contribution in [0.5, 0.6) is 5.75 Å². The highest BCUT2D eigenvalue weighted by atomic mass is 16.5. The van der Waals surface area contributed by atoms with Crippen LogP contribution in [0.15, 0.2) is 57.7 Å². The number of nitrogens with one attached hydrogen (secondary N) is 1. The van der Waals surface area contributed by atoms with E-state index in [0.29, 0.717) is 23.1 Å². The standard InChI is InChI=1S/C23H21NO7/c1-2-28-23(27)24-17-7-8-18-15(10-21(25)31-20(18)11-17)12-30-22(26)16-9-14-5-3-4-6-19(14)29-13-16/h3-8,10-11,16H,2,9,12-13H2,1H3,(H,24,27). The van der Waals surface area contributed by atoms with Gasteiger partial charge in [0.1, 0.15) is 24.5 Å². The van der Waals surface area contributed by atoms with E-state index in [1.54, 1.807) is 19.1 Å². The van der Waals surface area contributed by atoms with Crippen molar-refractivity contribution in [1.29, 1.82) is 0 Å². The largest absolute Gasteiger partial charge is 0.492 e. The number of carbonyl (C=O) groups is 2. The second-order valence-electron chi connectivity index (χ2n) is 7.07. The number of benzene rings is 2. The lowest BCUT2D eigenvalue weighted by Gasteiger charge is -2.23. The normalized spacial score (nSPS) is 14.9. The zero-order valence-corrected chi connectivity index (χ0v) is 16.9. The Hall–Kier alpha value is -3.81. The van der Waals surface area contributed by atoms with Crippen LogP contribution in [0.4, 0.5) is 10.5 Å². The number of esters is 1. The maximum Gasteiger partial charge on any atom is 0.411 e. The van der Waals surface area contributed by atoms with Crippen LogP contribution in [-0.2, 0) is 27.3 Å². The van der Waals surface area contributed by atoms with Crippen LogP contribution < -0.4 is 15.7 Å². The van der Waals surface area contributed by atoms with Crippen molar-refractivity contribution in [3.63, 3.8) is 0 Å². The molecule has 31 heavy (non-hydrogen) atoms. The van der Waals surface area contributed by atoms with Gasteiger partial charge in [-0.05, 0) is 37.1 Å². The van der Waals surface area contributed by atoms with Gasteiger partial charge in [0.25, 0.3) is 0 Å². The summed E-state index contributed by atoms with van der Waals surface area (Å²) < 4.78 is 21.2. The molecule has 1 atom stereocenters. The first-order valence-corrected chi connectivity index (χ1v) is 9.91. The number of fused-ring (bicyclic) bond motifs is 2.